The van der Waals surface area contributed by atoms with Gasteiger partial charge in [-0.2, -0.15) is 11.8 Å². The van der Waals surface area contributed by atoms with E-state index in [2.05, 4.69) is 30.9 Å². The minimum Gasteiger partial charge on any atom is -0.413 e. The fraction of sp³-hybridized carbons (Fsp3) is 0.478. The molecule has 10 heteroatoms. The van der Waals surface area contributed by atoms with Crippen LogP contribution in [0, 0.1) is 0 Å². The molecule has 0 bridgehead atoms. The minimum atomic E-state index is -1.14. The first kappa shape index (κ1) is 25.7. The van der Waals surface area contributed by atoms with E-state index in [1.807, 2.05) is 11.8 Å². The number of carbonyl (C=O) groups is 1. The van der Waals surface area contributed by atoms with Crippen molar-refractivity contribution < 1.29 is 13.6 Å². The van der Waals surface area contributed by atoms with Gasteiger partial charge in [0.05, 0.1) is 11.1 Å². The summed E-state index contributed by atoms with van der Waals surface area (Å²) in [4.78, 5) is 43.7. The van der Waals surface area contributed by atoms with E-state index in [9.17, 15) is 14.4 Å². The van der Waals surface area contributed by atoms with Crippen molar-refractivity contribution in [2.24, 2.45) is 0 Å². The molecule has 0 saturated carbocycles. The van der Waals surface area contributed by atoms with E-state index in [-0.39, 0.29) is 27.8 Å². The Bertz CT molecular complexity index is 1170. The normalized spacial score (nSPS) is 12.5. The highest BCUT2D eigenvalue weighted by molar-refractivity contribution is 8.03. The van der Waals surface area contributed by atoms with Gasteiger partial charge in [-0.25, -0.2) is 14.6 Å². The van der Waals surface area contributed by atoms with Crippen LogP contribution in [0.4, 0.5) is 0 Å². The summed E-state index contributed by atoms with van der Waals surface area (Å²) >= 11 is 4.64. The molecule has 0 N–H and O–H groups in total. The molecular weight excluding hydrogens is 480 g/mol. The molecule has 3 rings (SSSR count). The van der Waals surface area contributed by atoms with E-state index in [1.54, 1.807) is 17.5 Å². The maximum atomic E-state index is 13.2. The predicted octanol–water partition coefficient (Wildman–Crippen LogP) is 4.77. The van der Waals surface area contributed by atoms with Crippen molar-refractivity contribution in [2.45, 2.75) is 42.9 Å². The highest BCUT2D eigenvalue weighted by Gasteiger charge is 2.25. The Labute approximate surface area is 205 Å². The van der Waals surface area contributed by atoms with Crippen molar-refractivity contribution in [3.05, 3.63) is 55.0 Å². The molecule has 3 heterocycles. The lowest BCUT2D eigenvalue weighted by Gasteiger charge is -2.13. The van der Waals surface area contributed by atoms with Crippen molar-refractivity contribution in [3.8, 4) is 0 Å². The first-order valence-electron chi connectivity index (χ1n) is 10.8. The minimum absolute atomic E-state index is 0.0137. The van der Waals surface area contributed by atoms with Crippen LogP contribution in [0.25, 0.3) is 11.2 Å². The van der Waals surface area contributed by atoms with Crippen LogP contribution in [-0.4, -0.2) is 53.1 Å². The highest BCUT2D eigenvalue weighted by atomic mass is 32.2. The number of carbonyl (C=O) groups excluding carboxylic acids is 1. The largest absolute Gasteiger partial charge is 0.423 e. The Kier molecular flexibility index (Phi) is 9.78. The van der Waals surface area contributed by atoms with Gasteiger partial charge in [0.2, 0.25) is 5.78 Å². The number of hydrogen-bond donors (Lipinski definition) is 0. The third kappa shape index (κ3) is 7.30. The number of aromatic nitrogens is 1. The van der Waals surface area contributed by atoms with Crippen molar-refractivity contribution in [1.82, 2.24) is 9.88 Å². The second-order valence-corrected chi connectivity index (χ2v) is 11.5. The summed E-state index contributed by atoms with van der Waals surface area (Å²) in [5.41, 5.74) is -2.14. The summed E-state index contributed by atoms with van der Waals surface area (Å²) in [6.07, 6.45) is 6.24. The second-order valence-electron chi connectivity index (χ2n) is 7.94. The summed E-state index contributed by atoms with van der Waals surface area (Å²) in [5, 5.41) is 2.45. The zero-order valence-electron chi connectivity index (χ0n) is 19.0. The first-order valence-corrected chi connectivity index (χ1v) is 13.7. The number of rotatable bonds is 13. The molecule has 0 saturated heterocycles. The van der Waals surface area contributed by atoms with Crippen LogP contribution in [0.2, 0.25) is 0 Å². The average Bonchev–Trinajstić information content (AvgIpc) is 3.31. The van der Waals surface area contributed by atoms with E-state index in [0.717, 1.165) is 18.1 Å². The summed E-state index contributed by atoms with van der Waals surface area (Å²) in [6.45, 7) is 3.22. The summed E-state index contributed by atoms with van der Waals surface area (Å²) in [7, 11) is 4.20. The Morgan fingerprint density at radius 1 is 1.15 bits per heavy atom. The molecule has 1 atom stereocenters. The van der Waals surface area contributed by atoms with E-state index >= 15 is 0 Å². The van der Waals surface area contributed by atoms with Crippen LogP contribution in [-0.2, 0) is 0 Å². The van der Waals surface area contributed by atoms with Crippen LogP contribution in [0.15, 0.2) is 47.2 Å². The molecule has 178 valence electrons. The number of ketones is 1. The Morgan fingerprint density at radius 2 is 1.91 bits per heavy atom. The second kappa shape index (κ2) is 12.5. The van der Waals surface area contributed by atoms with Gasteiger partial charge in [-0.05, 0) is 50.7 Å². The van der Waals surface area contributed by atoms with Crippen LogP contribution < -0.4 is 11.3 Å². The number of thioether (sulfide) groups is 2. The van der Waals surface area contributed by atoms with E-state index < -0.39 is 11.3 Å². The third-order valence-corrected chi connectivity index (χ3v) is 8.30. The number of unbranched alkanes of at least 4 members (excludes halogenated alkanes) is 3. The molecule has 0 aliphatic carbocycles. The van der Waals surface area contributed by atoms with Gasteiger partial charge in [-0.1, -0.05) is 25.8 Å². The number of pyridine rings is 1. The maximum Gasteiger partial charge on any atom is 0.423 e. The lowest BCUT2D eigenvalue weighted by Crippen LogP contribution is -2.22. The molecule has 1 unspecified atom stereocenters. The fourth-order valence-corrected chi connectivity index (χ4v) is 6.13. The molecule has 0 aromatic carbocycles. The van der Waals surface area contributed by atoms with Crippen molar-refractivity contribution in [3.63, 3.8) is 0 Å². The van der Waals surface area contributed by atoms with Gasteiger partial charge in [0.25, 0.3) is 0 Å². The Balaban J connectivity index is 1.68. The predicted molar refractivity (Wildman–Crippen MR) is 136 cm³/mol. The maximum absolute atomic E-state index is 13.2. The highest BCUT2D eigenvalue weighted by Crippen LogP contribution is 2.33. The van der Waals surface area contributed by atoms with Gasteiger partial charge in [0.15, 0.2) is 11.2 Å². The molecule has 0 fully saturated rings. The zero-order valence-corrected chi connectivity index (χ0v) is 21.4. The molecule has 0 aliphatic heterocycles. The number of thiophene rings is 1. The quantitative estimate of drug-likeness (QED) is 0.140. The molecular formula is C23H28N2O5S3. The Hall–Kier alpha value is -1.88. The van der Waals surface area contributed by atoms with Gasteiger partial charge < -0.3 is 13.7 Å². The van der Waals surface area contributed by atoms with Crippen molar-refractivity contribution in [2.75, 3.05) is 32.1 Å². The monoisotopic (exact) mass is 508 g/mol. The number of hydrogen-bond acceptors (Lipinski definition) is 10. The summed E-state index contributed by atoms with van der Waals surface area (Å²) in [6, 6.07) is 3.48. The van der Waals surface area contributed by atoms with Gasteiger partial charge >= 0.3 is 11.3 Å². The Morgan fingerprint density at radius 3 is 2.64 bits per heavy atom. The zero-order chi connectivity index (χ0) is 23.8. The van der Waals surface area contributed by atoms with Crippen LogP contribution in [0.5, 0.6) is 0 Å². The van der Waals surface area contributed by atoms with Gasteiger partial charge in [-0.15, -0.1) is 23.1 Å². The summed E-state index contributed by atoms with van der Waals surface area (Å²) < 4.78 is 10.2. The van der Waals surface area contributed by atoms with E-state index in [0.29, 0.717) is 9.90 Å². The smallest absolute Gasteiger partial charge is 0.413 e. The van der Waals surface area contributed by atoms with Crippen LogP contribution in [0.3, 0.4) is 0 Å². The van der Waals surface area contributed by atoms with Gasteiger partial charge in [0.1, 0.15) is 10.6 Å². The molecule has 7 nitrogen and oxygen atoms in total. The molecule has 0 amide bonds. The SMILES string of the molecule is CC(CSCCCCCCN(C)C)Sc1ncc2oc(=O)c(=O)oc2c1C(=O)c1cccs1. The van der Waals surface area contributed by atoms with Crippen molar-refractivity contribution in [1.29, 1.82) is 0 Å². The molecule has 0 aliphatic rings. The topological polar surface area (TPSA) is 93.6 Å². The van der Waals surface area contributed by atoms with Crippen LogP contribution >= 0.6 is 34.9 Å². The van der Waals surface area contributed by atoms with Gasteiger partial charge in [-0.3, -0.25) is 4.79 Å². The standard InChI is InChI=1S/C23H28N2O5S3/c1-15(14-31-11-7-5-4-6-10-25(2)3)33-21-18(19(26)17-9-8-12-32-17)20-16(13-24-21)29-22(27)23(28)30-20/h8-9,12-13,15H,4-7,10-11,14H2,1-3H3. The van der Waals surface area contributed by atoms with Crippen molar-refractivity contribution >= 4 is 51.8 Å². The number of fused-ring (bicyclic) bond motifs is 1. The first-order chi connectivity index (χ1) is 15.9. The molecule has 3 aromatic rings. The molecule has 0 spiro atoms. The third-order valence-electron chi connectivity index (χ3n) is 4.81. The van der Waals surface area contributed by atoms with Crippen LogP contribution in [0.1, 0.15) is 47.8 Å². The summed E-state index contributed by atoms with van der Waals surface area (Å²) in [5.74, 6) is 1.70. The average molecular weight is 509 g/mol. The number of nitrogens with zero attached hydrogens (tertiary/aromatic N) is 2. The lowest BCUT2D eigenvalue weighted by atomic mass is 10.1. The fourth-order valence-electron chi connectivity index (χ4n) is 3.19. The van der Waals surface area contributed by atoms with Gasteiger partial charge in [0, 0.05) is 11.0 Å². The molecule has 33 heavy (non-hydrogen) atoms. The van der Waals surface area contributed by atoms with E-state index in [1.165, 1.54) is 55.0 Å². The van der Waals surface area contributed by atoms with E-state index in [4.69, 9.17) is 8.83 Å². The molecule has 3 aromatic heterocycles. The molecule has 0 radical (unpaired) electrons. The lowest BCUT2D eigenvalue weighted by molar-refractivity contribution is 0.103.